The lowest BCUT2D eigenvalue weighted by molar-refractivity contribution is 0.456. The number of nitrogens with one attached hydrogen (secondary N) is 1. The maximum absolute atomic E-state index is 3.63. The molecule has 0 heterocycles. The number of aryl methyl sites for hydroxylation is 2. The van der Waals surface area contributed by atoms with E-state index in [1.54, 1.807) is 11.1 Å². The fourth-order valence-corrected chi connectivity index (χ4v) is 3.01. The van der Waals surface area contributed by atoms with Crippen LogP contribution in [0.5, 0.6) is 0 Å². The van der Waals surface area contributed by atoms with E-state index in [-0.39, 0.29) is 0 Å². The Bertz CT molecular complexity index is 429. The van der Waals surface area contributed by atoms with Crippen LogP contribution in [0.4, 0.5) is 0 Å². The molecular formula is C17H25N. The number of hydrogen-bond acceptors (Lipinski definition) is 1. The summed E-state index contributed by atoms with van der Waals surface area (Å²) in [5.74, 6) is 0. The molecule has 1 N–H and O–H groups in total. The Balaban J connectivity index is 1.67. The first-order valence-corrected chi connectivity index (χ1v) is 7.51. The minimum atomic E-state index is 0.305. The summed E-state index contributed by atoms with van der Waals surface area (Å²) in [7, 11) is 0. The monoisotopic (exact) mass is 243 g/mol. The second-order valence-corrected chi connectivity index (χ2v) is 6.70. The second kappa shape index (κ2) is 4.70. The van der Waals surface area contributed by atoms with Crippen LogP contribution in [0, 0.1) is 0 Å². The van der Waals surface area contributed by atoms with Crippen LogP contribution in [0.2, 0.25) is 0 Å². The van der Waals surface area contributed by atoms with E-state index >= 15 is 0 Å². The van der Waals surface area contributed by atoms with Gasteiger partial charge >= 0.3 is 0 Å². The predicted molar refractivity (Wildman–Crippen MR) is 77.1 cm³/mol. The summed E-state index contributed by atoms with van der Waals surface area (Å²) >= 11 is 0. The minimum absolute atomic E-state index is 0.305. The van der Waals surface area contributed by atoms with Gasteiger partial charge in [-0.15, -0.1) is 0 Å². The van der Waals surface area contributed by atoms with E-state index in [0.29, 0.717) is 5.41 Å². The molecule has 0 aliphatic heterocycles. The Morgan fingerprint density at radius 2 is 1.94 bits per heavy atom. The third-order valence-corrected chi connectivity index (χ3v) is 4.64. The molecule has 1 nitrogen and oxygen atoms in total. The van der Waals surface area contributed by atoms with Gasteiger partial charge in [0.1, 0.15) is 0 Å². The fraction of sp³-hybridized carbons (Fsp3) is 0.647. The zero-order valence-corrected chi connectivity index (χ0v) is 11.8. The molecule has 1 aromatic rings. The zero-order valence-electron chi connectivity index (χ0n) is 11.8. The van der Waals surface area contributed by atoms with Crippen molar-refractivity contribution in [1.29, 1.82) is 0 Å². The molecule has 0 aromatic heterocycles. The van der Waals surface area contributed by atoms with Crippen LogP contribution < -0.4 is 5.32 Å². The Kier molecular flexibility index (Phi) is 3.19. The van der Waals surface area contributed by atoms with Crippen molar-refractivity contribution in [3.63, 3.8) is 0 Å². The molecule has 98 valence electrons. The highest BCUT2D eigenvalue weighted by Gasteiger charge is 2.25. The van der Waals surface area contributed by atoms with Gasteiger partial charge in [0, 0.05) is 6.04 Å². The van der Waals surface area contributed by atoms with E-state index in [1.165, 1.54) is 44.1 Å². The summed E-state index contributed by atoms with van der Waals surface area (Å²) in [6.07, 6.45) is 7.95. The Morgan fingerprint density at radius 3 is 2.72 bits per heavy atom. The highest BCUT2D eigenvalue weighted by molar-refractivity contribution is 5.38. The van der Waals surface area contributed by atoms with Gasteiger partial charge in [-0.1, -0.05) is 32.0 Å². The van der Waals surface area contributed by atoms with Crippen molar-refractivity contribution < 1.29 is 0 Å². The Labute approximate surface area is 111 Å². The van der Waals surface area contributed by atoms with Crippen molar-refractivity contribution in [2.45, 2.75) is 63.8 Å². The maximum Gasteiger partial charge on any atom is 0.00682 e. The first kappa shape index (κ1) is 12.2. The first-order valence-electron chi connectivity index (χ1n) is 7.51. The lowest BCUT2D eigenvalue weighted by Gasteiger charge is -2.26. The zero-order chi connectivity index (χ0) is 12.6. The Morgan fingerprint density at radius 1 is 1.17 bits per heavy atom. The number of rotatable bonds is 5. The summed E-state index contributed by atoms with van der Waals surface area (Å²) in [5.41, 5.74) is 5.03. The lowest BCUT2D eigenvalue weighted by Crippen LogP contribution is -2.26. The molecule has 1 saturated carbocycles. The van der Waals surface area contributed by atoms with Crippen LogP contribution in [-0.2, 0) is 18.3 Å². The first-order chi connectivity index (χ1) is 8.65. The van der Waals surface area contributed by atoms with Crippen LogP contribution in [0.15, 0.2) is 18.2 Å². The highest BCUT2D eigenvalue weighted by Crippen LogP contribution is 2.31. The van der Waals surface area contributed by atoms with Crippen LogP contribution in [0.3, 0.4) is 0 Å². The van der Waals surface area contributed by atoms with E-state index in [1.807, 2.05) is 0 Å². The molecule has 0 amide bonds. The van der Waals surface area contributed by atoms with Crippen LogP contribution in [-0.4, -0.2) is 12.6 Å². The lowest BCUT2D eigenvalue weighted by atomic mass is 9.80. The predicted octanol–water partition coefficient (Wildman–Crippen LogP) is 3.60. The second-order valence-electron chi connectivity index (χ2n) is 6.70. The molecule has 0 atom stereocenters. The van der Waals surface area contributed by atoms with Crippen LogP contribution in [0.25, 0.3) is 0 Å². The minimum Gasteiger partial charge on any atom is -0.314 e. The summed E-state index contributed by atoms with van der Waals surface area (Å²) in [6, 6.07) is 8.04. The Hall–Kier alpha value is -0.820. The van der Waals surface area contributed by atoms with Gasteiger partial charge in [0.25, 0.3) is 0 Å². The van der Waals surface area contributed by atoms with Crippen molar-refractivity contribution in [3.05, 3.63) is 34.9 Å². The molecule has 2 aliphatic rings. The molecule has 0 radical (unpaired) electrons. The molecule has 0 unspecified atom stereocenters. The maximum atomic E-state index is 3.63. The van der Waals surface area contributed by atoms with Gasteiger partial charge in [-0.3, -0.25) is 0 Å². The molecule has 0 spiro atoms. The van der Waals surface area contributed by atoms with Crippen molar-refractivity contribution in [2.24, 2.45) is 0 Å². The quantitative estimate of drug-likeness (QED) is 0.833. The van der Waals surface area contributed by atoms with Gasteiger partial charge in [-0.25, -0.2) is 0 Å². The van der Waals surface area contributed by atoms with E-state index < -0.39 is 0 Å². The molecule has 3 rings (SSSR count). The highest BCUT2D eigenvalue weighted by atomic mass is 14.9. The van der Waals surface area contributed by atoms with Crippen LogP contribution in [0.1, 0.15) is 56.2 Å². The van der Waals surface area contributed by atoms with Gasteiger partial charge in [-0.05, 0) is 67.2 Å². The SMILES string of the molecule is CC(C)(CCNC1CC1)c1ccc2c(c1)CCC2. The van der Waals surface area contributed by atoms with E-state index in [2.05, 4.69) is 37.4 Å². The summed E-state index contributed by atoms with van der Waals surface area (Å²) in [5, 5.41) is 3.63. The molecule has 0 bridgehead atoms. The molecule has 18 heavy (non-hydrogen) atoms. The van der Waals surface area contributed by atoms with Crippen molar-refractivity contribution in [1.82, 2.24) is 5.32 Å². The number of hydrogen-bond donors (Lipinski definition) is 1. The van der Waals surface area contributed by atoms with Gasteiger partial charge in [0.15, 0.2) is 0 Å². The van der Waals surface area contributed by atoms with Gasteiger partial charge in [0.05, 0.1) is 0 Å². The van der Waals surface area contributed by atoms with Gasteiger partial charge < -0.3 is 5.32 Å². The number of benzene rings is 1. The fourth-order valence-electron chi connectivity index (χ4n) is 3.01. The largest absolute Gasteiger partial charge is 0.314 e. The molecule has 2 aliphatic carbocycles. The molecule has 1 aromatic carbocycles. The summed E-state index contributed by atoms with van der Waals surface area (Å²) in [6.45, 7) is 5.94. The normalized spacial score (nSPS) is 19.0. The van der Waals surface area contributed by atoms with E-state index in [0.717, 1.165) is 12.6 Å². The number of fused-ring (bicyclic) bond motifs is 1. The van der Waals surface area contributed by atoms with E-state index in [9.17, 15) is 0 Å². The average Bonchev–Trinajstić information content (AvgIpc) is 3.04. The average molecular weight is 243 g/mol. The third kappa shape index (κ3) is 2.61. The van der Waals surface area contributed by atoms with Crippen molar-refractivity contribution >= 4 is 0 Å². The molecule has 0 saturated heterocycles. The standard InChI is InChI=1S/C17H25N/c1-17(2,10-11-18-16-8-9-16)15-7-6-13-4-3-5-14(13)12-15/h6-7,12,16,18H,3-5,8-11H2,1-2H3. The molecule has 1 heteroatoms. The van der Waals surface area contributed by atoms with Crippen molar-refractivity contribution in [2.75, 3.05) is 6.54 Å². The van der Waals surface area contributed by atoms with Gasteiger partial charge in [-0.2, -0.15) is 0 Å². The molecule has 1 fully saturated rings. The third-order valence-electron chi connectivity index (χ3n) is 4.64. The van der Waals surface area contributed by atoms with E-state index in [4.69, 9.17) is 0 Å². The molecular weight excluding hydrogens is 218 g/mol. The summed E-state index contributed by atoms with van der Waals surface area (Å²) < 4.78 is 0. The van der Waals surface area contributed by atoms with Gasteiger partial charge in [0.2, 0.25) is 0 Å². The smallest absolute Gasteiger partial charge is 0.00682 e. The topological polar surface area (TPSA) is 12.0 Å². The van der Waals surface area contributed by atoms with Crippen molar-refractivity contribution in [3.8, 4) is 0 Å². The summed E-state index contributed by atoms with van der Waals surface area (Å²) in [4.78, 5) is 0. The van der Waals surface area contributed by atoms with Crippen LogP contribution >= 0.6 is 0 Å².